The number of amides is 1. The van der Waals surface area contributed by atoms with Crippen LogP contribution in [-0.2, 0) is 0 Å². The van der Waals surface area contributed by atoms with Crippen LogP contribution in [0.5, 0.6) is 17.2 Å². The molecule has 6 nitrogen and oxygen atoms in total. The zero-order valence-electron chi connectivity index (χ0n) is 16.3. The van der Waals surface area contributed by atoms with Crippen LogP contribution in [0.15, 0.2) is 12.1 Å². The molecule has 0 aromatic heterocycles. The number of rotatable bonds is 7. The summed E-state index contributed by atoms with van der Waals surface area (Å²) in [6, 6.07) is 4.06. The predicted octanol–water partition coefficient (Wildman–Crippen LogP) is 3.13. The number of carbonyl (C=O) groups excluding carboxylic acids is 1. The molecule has 26 heavy (non-hydrogen) atoms. The second kappa shape index (κ2) is 10.5. The van der Waals surface area contributed by atoms with Crippen LogP contribution in [0.2, 0.25) is 0 Å². The number of benzene rings is 1. The lowest BCUT2D eigenvalue weighted by molar-refractivity contribution is 0.0672. The molecular weight excluding hydrogens is 356 g/mol. The molecule has 148 valence electrons. The number of hydrogen-bond donors (Lipinski definition) is 1. The number of halogens is 1. The third kappa shape index (κ3) is 5.42. The molecule has 1 amide bonds. The minimum absolute atomic E-state index is 0. The van der Waals surface area contributed by atoms with Crippen molar-refractivity contribution in [2.45, 2.75) is 46.7 Å². The van der Waals surface area contributed by atoms with Crippen LogP contribution < -0.4 is 19.5 Å². The molecule has 0 spiro atoms. The van der Waals surface area contributed by atoms with E-state index in [0.29, 0.717) is 55.7 Å². The summed E-state index contributed by atoms with van der Waals surface area (Å²) in [6.45, 7) is 12.8. The summed E-state index contributed by atoms with van der Waals surface area (Å²) in [5.41, 5.74) is 0.566. The molecule has 1 fully saturated rings. The van der Waals surface area contributed by atoms with Crippen LogP contribution in [-0.4, -0.2) is 55.8 Å². The molecule has 0 radical (unpaired) electrons. The quantitative estimate of drug-likeness (QED) is 0.780. The Hall–Kier alpha value is -1.66. The van der Waals surface area contributed by atoms with Crippen molar-refractivity contribution in [3.05, 3.63) is 17.7 Å². The summed E-state index contributed by atoms with van der Waals surface area (Å²) in [5.74, 6) is 1.65. The Kier molecular flexibility index (Phi) is 9.02. The first-order chi connectivity index (χ1) is 12.0. The normalized spacial score (nSPS) is 19.5. The average Bonchev–Trinajstić information content (AvgIpc) is 2.56. The Morgan fingerprint density at radius 1 is 1.00 bits per heavy atom. The first kappa shape index (κ1) is 22.4. The molecule has 2 atom stereocenters. The standard InChI is InChI=1S/C19H30N2O4.ClH/c1-6-23-16-9-15(10-17(24-7-2)18(16)25-8-3)19(22)21-11-13(4)20-14(5)12-21;/h9-10,13-14,20H,6-8,11-12H2,1-5H3;1H. The Morgan fingerprint density at radius 3 is 1.88 bits per heavy atom. The fraction of sp³-hybridized carbons (Fsp3) is 0.632. The largest absolute Gasteiger partial charge is 0.490 e. The van der Waals surface area contributed by atoms with Gasteiger partial charge >= 0.3 is 0 Å². The molecule has 1 aliphatic rings. The van der Waals surface area contributed by atoms with Gasteiger partial charge in [-0.15, -0.1) is 12.4 Å². The first-order valence-electron chi connectivity index (χ1n) is 9.11. The summed E-state index contributed by atoms with van der Waals surface area (Å²) in [7, 11) is 0. The summed E-state index contributed by atoms with van der Waals surface area (Å²) >= 11 is 0. The van der Waals surface area contributed by atoms with E-state index in [9.17, 15) is 4.79 Å². The number of nitrogens with zero attached hydrogens (tertiary/aromatic N) is 1. The number of carbonyl (C=O) groups is 1. The fourth-order valence-corrected chi connectivity index (χ4v) is 3.19. The minimum Gasteiger partial charge on any atom is -0.490 e. The van der Waals surface area contributed by atoms with Crippen LogP contribution in [0.3, 0.4) is 0 Å². The Balaban J connectivity index is 0.00000338. The van der Waals surface area contributed by atoms with Crippen LogP contribution >= 0.6 is 12.4 Å². The van der Waals surface area contributed by atoms with E-state index < -0.39 is 0 Å². The second-order valence-electron chi connectivity index (χ2n) is 6.28. The highest BCUT2D eigenvalue weighted by Gasteiger charge is 2.27. The van der Waals surface area contributed by atoms with Crippen LogP contribution in [0.1, 0.15) is 45.0 Å². The van der Waals surface area contributed by atoms with E-state index in [2.05, 4.69) is 19.2 Å². The van der Waals surface area contributed by atoms with E-state index in [1.807, 2.05) is 25.7 Å². The van der Waals surface area contributed by atoms with Gasteiger partial charge in [-0.25, -0.2) is 0 Å². The van der Waals surface area contributed by atoms with Gasteiger partial charge in [-0.3, -0.25) is 4.79 Å². The van der Waals surface area contributed by atoms with Gasteiger partial charge in [0.15, 0.2) is 11.5 Å². The van der Waals surface area contributed by atoms with Gasteiger partial charge in [0.1, 0.15) is 0 Å². The van der Waals surface area contributed by atoms with Crippen molar-refractivity contribution in [1.82, 2.24) is 10.2 Å². The zero-order valence-corrected chi connectivity index (χ0v) is 17.1. The molecule has 1 heterocycles. The van der Waals surface area contributed by atoms with Crippen LogP contribution in [0, 0.1) is 0 Å². The van der Waals surface area contributed by atoms with Gasteiger partial charge in [-0.2, -0.15) is 0 Å². The lowest BCUT2D eigenvalue weighted by atomic mass is 10.1. The number of hydrogen-bond acceptors (Lipinski definition) is 5. The maximum atomic E-state index is 13.0. The lowest BCUT2D eigenvalue weighted by Crippen LogP contribution is -2.55. The molecule has 1 N–H and O–H groups in total. The third-order valence-corrected chi connectivity index (χ3v) is 4.00. The van der Waals surface area contributed by atoms with Gasteiger partial charge in [0.2, 0.25) is 5.75 Å². The summed E-state index contributed by atoms with van der Waals surface area (Å²) in [5, 5.41) is 3.44. The highest BCUT2D eigenvalue weighted by atomic mass is 35.5. The van der Waals surface area contributed by atoms with Gasteiger partial charge < -0.3 is 24.4 Å². The summed E-state index contributed by atoms with van der Waals surface area (Å²) in [4.78, 5) is 14.9. The van der Waals surface area contributed by atoms with Gasteiger partial charge in [-0.05, 0) is 46.8 Å². The molecule has 2 unspecified atom stereocenters. The molecule has 7 heteroatoms. The number of ether oxygens (including phenoxy) is 3. The minimum atomic E-state index is -0.00912. The van der Waals surface area contributed by atoms with E-state index in [1.54, 1.807) is 12.1 Å². The molecule has 1 aromatic rings. The van der Waals surface area contributed by atoms with E-state index in [0.717, 1.165) is 0 Å². The van der Waals surface area contributed by atoms with Crippen molar-refractivity contribution in [2.24, 2.45) is 0 Å². The molecular formula is C19H31ClN2O4. The summed E-state index contributed by atoms with van der Waals surface area (Å²) < 4.78 is 17.1. The maximum absolute atomic E-state index is 13.0. The van der Waals surface area contributed by atoms with E-state index in [4.69, 9.17) is 14.2 Å². The van der Waals surface area contributed by atoms with Crippen molar-refractivity contribution in [3.8, 4) is 17.2 Å². The van der Waals surface area contributed by atoms with Crippen molar-refractivity contribution < 1.29 is 19.0 Å². The fourth-order valence-electron chi connectivity index (χ4n) is 3.19. The zero-order chi connectivity index (χ0) is 18.4. The highest BCUT2D eigenvalue weighted by molar-refractivity contribution is 5.95. The topological polar surface area (TPSA) is 60.0 Å². The Morgan fingerprint density at radius 2 is 1.46 bits per heavy atom. The van der Waals surface area contributed by atoms with E-state index in [1.165, 1.54) is 0 Å². The highest BCUT2D eigenvalue weighted by Crippen LogP contribution is 2.39. The third-order valence-electron chi connectivity index (χ3n) is 4.00. The van der Waals surface area contributed by atoms with E-state index >= 15 is 0 Å². The predicted molar refractivity (Wildman–Crippen MR) is 105 cm³/mol. The molecule has 1 aromatic carbocycles. The molecule has 0 aliphatic carbocycles. The maximum Gasteiger partial charge on any atom is 0.254 e. The monoisotopic (exact) mass is 386 g/mol. The first-order valence-corrected chi connectivity index (χ1v) is 9.11. The molecule has 1 aliphatic heterocycles. The average molecular weight is 387 g/mol. The lowest BCUT2D eigenvalue weighted by Gasteiger charge is -2.36. The van der Waals surface area contributed by atoms with Crippen LogP contribution in [0.4, 0.5) is 0 Å². The summed E-state index contributed by atoms with van der Waals surface area (Å²) in [6.07, 6.45) is 0. The number of piperazine rings is 1. The molecule has 2 rings (SSSR count). The van der Waals surface area contributed by atoms with Gasteiger partial charge in [0.05, 0.1) is 19.8 Å². The van der Waals surface area contributed by atoms with Crippen molar-refractivity contribution in [3.63, 3.8) is 0 Å². The smallest absolute Gasteiger partial charge is 0.254 e. The van der Waals surface area contributed by atoms with Gasteiger partial charge in [0, 0.05) is 30.7 Å². The van der Waals surface area contributed by atoms with Gasteiger partial charge in [0.25, 0.3) is 5.91 Å². The Bertz CT molecular complexity index is 560. The van der Waals surface area contributed by atoms with Crippen LogP contribution in [0.25, 0.3) is 0 Å². The van der Waals surface area contributed by atoms with Crippen molar-refractivity contribution in [2.75, 3.05) is 32.9 Å². The number of nitrogens with one attached hydrogen (secondary N) is 1. The molecule has 0 bridgehead atoms. The molecule has 0 saturated carbocycles. The Labute approximate surface area is 162 Å². The molecule has 1 saturated heterocycles. The SMILES string of the molecule is CCOc1cc(C(=O)N2CC(C)NC(C)C2)cc(OCC)c1OCC.Cl. The van der Waals surface area contributed by atoms with Crippen molar-refractivity contribution >= 4 is 18.3 Å². The van der Waals surface area contributed by atoms with Gasteiger partial charge in [-0.1, -0.05) is 0 Å². The van der Waals surface area contributed by atoms with E-state index in [-0.39, 0.29) is 30.4 Å². The second-order valence-corrected chi connectivity index (χ2v) is 6.28. The van der Waals surface area contributed by atoms with Crippen molar-refractivity contribution in [1.29, 1.82) is 0 Å².